The van der Waals surface area contributed by atoms with E-state index in [1.807, 2.05) is 0 Å². The quantitative estimate of drug-likeness (QED) is 0.167. The van der Waals surface area contributed by atoms with Crippen molar-refractivity contribution in [1.29, 1.82) is 0 Å². The monoisotopic (exact) mass is 769 g/mol. The number of hydrogen-bond acceptors (Lipinski definition) is 5. The fourth-order valence-corrected chi connectivity index (χ4v) is 10.0. The molecule has 0 saturated heterocycles. The van der Waals surface area contributed by atoms with Crippen LogP contribution in [0.1, 0.15) is 0 Å². The molecule has 10 heteroatoms. The molecule has 9 nitrogen and oxygen atoms in total. The van der Waals surface area contributed by atoms with Crippen LogP contribution in [0.5, 0.6) is 0 Å². The second-order valence-corrected chi connectivity index (χ2v) is 15.6. The molecule has 6 heterocycles. The van der Waals surface area contributed by atoms with E-state index in [9.17, 15) is 0 Å². The number of benzene rings is 8. The number of para-hydroxylation sites is 12. The van der Waals surface area contributed by atoms with E-state index >= 15 is 0 Å². The first-order valence-electron chi connectivity index (χ1n) is 20.3. The van der Waals surface area contributed by atoms with Crippen molar-refractivity contribution < 1.29 is 0 Å². The smallest absolute Gasteiger partial charge is 0.343 e. The normalized spacial score (nSPS) is 13.5. The summed E-state index contributed by atoms with van der Waals surface area (Å²) in [5.41, 5.74) is 17.5. The number of nitrogens with zero attached hydrogens (tertiary/aromatic N) is 9. The van der Waals surface area contributed by atoms with Gasteiger partial charge in [0.25, 0.3) is 0 Å². The number of fused-ring (bicyclic) bond motifs is 15. The Bertz CT molecular complexity index is 3500. The van der Waals surface area contributed by atoms with Crippen LogP contribution in [0.2, 0.25) is 0 Å². The summed E-state index contributed by atoms with van der Waals surface area (Å²) in [5.74, 6) is 1.78. The Hall–Kier alpha value is -8.24. The molecular weight excluding hydrogens is 737 g/mol. The molecule has 0 radical (unpaired) electrons. The zero-order valence-electron chi connectivity index (χ0n) is 32.1. The second kappa shape index (κ2) is 11.7. The Morgan fingerprint density at radius 2 is 0.650 bits per heavy atom. The summed E-state index contributed by atoms with van der Waals surface area (Å²) in [6.07, 6.45) is 0. The Labute approximate surface area is 343 Å². The van der Waals surface area contributed by atoms with Crippen LogP contribution in [-0.4, -0.2) is 35.0 Å². The van der Waals surface area contributed by atoms with Crippen LogP contribution in [0.4, 0.5) is 34.1 Å². The van der Waals surface area contributed by atoms with E-state index in [2.05, 4.69) is 226 Å². The van der Waals surface area contributed by atoms with Crippen LogP contribution in [-0.2, 0) is 0 Å². The lowest BCUT2D eigenvalue weighted by Crippen LogP contribution is -2.51. The van der Waals surface area contributed by atoms with E-state index in [0.717, 1.165) is 101 Å². The highest BCUT2D eigenvalue weighted by molar-refractivity contribution is 6.80. The molecule has 2 aliphatic rings. The SMILES string of the molecule is c1cc(N2B3N(c4cccc(-n5c6ccccc6n6c7ccccc7nc56)c4)c4ccccc4N3c3ccccc32)cc(-n2c3ccccc3n3c4ccccc4nc23)c1. The molecular formula is C50H32BN9. The molecule has 8 aromatic carbocycles. The summed E-state index contributed by atoms with van der Waals surface area (Å²) >= 11 is 0. The first-order chi connectivity index (χ1) is 29.8. The average molecular weight is 770 g/mol. The van der Waals surface area contributed by atoms with Crippen molar-refractivity contribution >= 4 is 96.9 Å². The minimum Gasteiger partial charge on any atom is -0.343 e. The van der Waals surface area contributed by atoms with Gasteiger partial charge in [-0.2, -0.15) is 0 Å². The Morgan fingerprint density at radius 3 is 1.10 bits per heavy atom. The van der Waals surface area contributed by atoms with Gasteiger partial charge >= 0.3 is 7.12 Å². The zero-order chi connectivity index (χ0) is 39.1. The molecule has 280 valence electrons. The minimum absolute atomic E-state index is 0.226. The van der Waals surface area contributed by atoms with Crippen LogP contribution in [0.15, 0.2) is 194 Å². The first-order valence-corrected chi connectivity index (χ1v) is 20.3. The minimum atomic E-state index is -0.226. The lowest BCUT2D eigenvalue weighted by Gasteiger charge is -2.32. The maximum Gasteiger partial charge on any atom is 0.519 e. The van der Waals surface area contributed by atoms with Crippen LogP contribution < -0.4 is 14.4 Å². The van der Waals surface area contributed by atoms with Gasteiger partial charge in [0.1, 0.15) is 0 Å². The van der Waals surface area contributed by atoms with Crippen molar-refractivity contribution in [3.8, 4) is 11.4 Å². The predicted octanol–water partition coefficient (Wildman–Crippen LogP) is 11.6. The molecule has 60 heavy (non-hydrogen) atoms. The van der Waals surface area contributed by atoms with Gasteiger partial charge in [-0.15, -0.1) is 0 Å². The summed E-state index contributed by atoms with van der Waals surface area (Å²) in [5, 5.41) is 0. The highest BCUT2D eigenvalue weighted by Crippen LogP contribution is 2.56. The van der Waals surface area contributed by atoms with Gasteiger partial charge < -0.3 is 14.4 Å². The molecule has 12 aromatic rings. The van der Waals surface area contributed by atoms with Gasteiger partial charge in [0, 0.05) is 11.4 Å². The van der Waals surface area contributed by atoms with E-state index in [0.29, 0.717) is 0 Å². The van der Waals surface area contributed by atoms with E-state index < -0.39 is 0 Å². The van der Waals surface area contributed by atoms with E-state index in [-0.39, 0.29) is 7.12 Å². The molecule has 0 atom stereocenters. The molecule has 0 fully saturated rings. The molecule has 0 bridgehead atoms. The molecule has 0 unspecified atom stereocenters. The molecule has 0 N–H and O–H groups in total. The van der Waals surface area contributed by atoms with Crippen molar-refractivity contribution in [2.45, 2.75) is 0 Å². The summed E-state index contributed by atoms with van der Waals surface area (Å²) in [4.78, 5) is 17.8. The van der Waals surface area contributed by atoms with Crippen molar-refractivity contribution in [3.63, 3.8) is 0 Å². The Balaban J connectivity index is 0.969. The maximum absolute atomic E-state index is 5.19. The summed E-state index contributed by atoms with van der Waals surface area (Å²) in [6, 6.07) is 69.3. The molecule has 4 aromatic heterocycles. The summed E-state index contributed by atoms with van der Waals surface area (Å²) in [7, 11) is -0.226. The zero-order valence-corrected chi connectivity index (χ0v) is 32.1. The van der Waals surface area contributed by atoms with Gasteiger partial charge in [0.05, 0.1) is 78.3 Å². The van der Waals surface area contributed by atoms with Gasteiger partial charge in [-0.05, 0) is 109 Å². The van der Waals surface area contributed by atoms with Gasteiger partial charge in [0.15, 0.2) is 0 Å². The van der Waals surface area contributed by atoms with Crippen molar-refractivity contribution in [2.75, 3.05) is 14.4 Å². The molecule has 0 spiro atoms. The van der Waals surface area contributed by atoms with Gasteiger partial charge in [-0.25, -0.2) is 9.97 Å². The second-order valence-electron chi connectivity index (χ2n) is 15.6. The van der Waals surface area contributed by atoms with E-state index in [4.69, 9.17) is 9.97 Å². The highest BCUT2D eigenvalue weighted by atomic mass is 15.4. The van der Waals surface area contributed by atoms with Crippen molar-refractivity contribution in [1.82, 2.24) is 27.9 Å². The standard InChI is InChI=1S/C50H32BN9/c1-3-21-39-37(19-1)52-49-54(41-23-5-7-25-43(41)56(39)49)33-15-13-17-35(31-33)58-45-27-9-11-29-47(45)60-48-30-12-10-28-46(48)59(51(58)60)36-18-14-16-34(32-36)55-42-24-6-8-26-44(42)57-40-22-4-2-20-38(40)53-50(55)57/h1-32H. The van der Waals surface area contributed by atoms with Crippen molar-refractivity contribution in [2.24, 2.45) is 0 Å². The maximum atomic E-state index is 5.19. The number of hydrogen-bond donors (Lipinski definition) is 0. The summed E-state index contributed by atoms with van der Waals surface area (Å²) in [6.45, 7) is 0. The third kappa shape index (κ3) is 4.11. The molecule has 0 amide bonds. The largest absolute Gasteiger partial charge is 0.519 e. The number of aromatic nitrogens is 6. The lowest BCUT2D eigenvalue weighted by atomic mass is 9.86. The van der Waals surface area contributed by atoms with Gasteiger partial charge in [0.2, 0.25) is 11.6 Å². The van der Waals surface area contributed by atoms with Crippen LogP contribution in [0.3, 0.4) is 0 Å². The molecule has 0 aliphatic carbocycles. The number of rotatable bonds is 4. The molecule has 2 aliphatic heterocycles. The Morgan fingerprint density at radius 1 is 0.300 bits per heavy atom. The summed E-state index contributed by atoms with van der Waals surface area (Å²) < 4.78 is 9.15. The number of imidazole rings is 4. The number of anilines is 6. The fraction of sp³-hybridized carbons (Fsp3) is 0. The third-order valence-electron chi connectivity index (χ3n) is 12.4. The van der Waals surface area contributed by atoms with Crippen LogP contribution >= 0.6 is 0 Å². The topological polar surface area (TPSA) is 54.2 Å². The predicted molar refractivity (Wildman–Crippen MR) is 244 cm³/mol. The third-order valence-corrected chi connectivity index (χ3v) is 12.4. The fourth-order valence-electron chi connectivity index (χ4n) is 10.0. The lowest BCUT2D eigenvalue weighted by molar-refractivity contribution is 1.11. The molecule has 14 rings (SSSR count). The highest BCUT2D eigenvalue weighted by Gasteiger charge is 2.53. The van der Waals surface area contributed by atoms with Crippen LogP contribution in [0.25, 0.3) is 67.1 Å². The van der Waals surface area contributed by atoms with E-state index in [1.165, 1.54) is 0 Å². The van der Waals surface area contributed by atoms with Gasteiger partial charge in [-0.3, -0.25) is 17.9 Å². The molecule has 0 saturated carbocycles. The van der Waals surface area contributed by atoms with E-state index in [1.54, 1.807) is 0 Å². The van der Waals surface area contributed by atoms with Gasteiger partial charge in [-0.1, -0.05) is 84.9 Å². The van der Waals surface area contributed by atoms with Crippen LogP contribution in [0, 0.1) is 0 Å². The Kier molecular flexibility index (Phi) is 6.19. The first kappa shape index (κ1) is 31.8. The average Bonchev–Trinajstić information content (AvgIpc) is 4.13. The van der Waals surface area contributed by atoms with Crippen molar-refractivity contribution in [3.05, 3.63) is 194 Å².